The lowest BCUT2D eigenvalue weighted by atomic mass is 10.2. The molecule has 0 rings (SSSR count). The molecule has 0 spiro atoms. The lowest BCUT2D eigenvalue weighted by Crippen LogP contribution is -2.02. The minimum Gasteiger partial charge on any atom is -0.393 e. The summed E-state index contributed by atoms with van der Waals surface area (Å²) in [4.78, 5) is 0. The number of unbranched alkanes of at least 4 members (excludes halogenated alkanes) is 1. The smallest absolute Gasteiger partial charge is 0.0512 e. The quantitative estimate of drug-likeness (QED) is 0.526. The van der Waals surface area contributed by atoms with Crippen LogP contribution in [-0.2, 0) is 0 Å². The van der Waals surface area contributed by atoms with E-state index in [1.165, 1.54) is 0 Å². The standard InChI is InChI=1S/C6H15NO/c1-6(8)4-2-3-5-7/h6,8H,2-5,7H2,1H3/t6-/m1/s1. The molecule has 0 unspecified atom stereocenters. The van der Waals surface area contributed by atoms with Crippen LogP contribution in [0, 0.1) is 0 Å². The highest BCUT2D eigenvalue weighted by atomic mass is 16.3. The van der Waals surface area contributed by atoms with Crippen LogP contribution < -0.4 is 5.73 Å². The average Bonchev–Trinajstić information content (AvgIpc) is 1.66. The third-order valence-corrected chi connectivity index (χ3v) is 1.08. The van der Waals surface area contributed by atoms with Crippen molar-refractivity contribution in [3.8, 4) is 0 Å². The van der Waals surface area contributed by atoms with E-state index in [0.717, 1.165) is 25.8 Å². The summed E-state index contributed by atoms with van der Waals surface area (Å²) < 4.78 is 0. The van der Waals surface area contributed by atoms with Gasteiger partial charge >= 0.3 is 0 Å². The molecule has 0 heterocycles. The maximum atomic E-state index is 8.74. The van der Waals surface area contributed by atoms with Crippen LogP contribution in [0.3, 0.4) is 0 Å². The van der Waals surface area contributed by atoms with Crippen LogP contribution >= 0.6 is 0 Å². The Balaban J connectivity index is 2.72. The highest BCUT2D eigenvalue weighted by molar-refractivity contribution is 4.47. The highest BCUT2D eigenvalue weighted by Gasteiger charge is 1.92. The van der Waals surface area contributed by atoms with Crippen LogP contribution in [0.5, 0.6) is 0 Å². The third kappa shape index (κ3) is 5.92. The topological polar surface area (TPSA) is 46.2 Å². The van der Waals surface area contributed by atoms with Gasteiger partial charge in [-0.2, -0.15) is 0 Å². The van der Waals surface area contributed by atoms with E-state index in [0.29, 0.717) is 0 Å². The molecule has 0 aromatic carbocycles. The summed E-state index contributed by atoms with van der Waals surface area (Å²) in [6, 6.07) is 0. The zero-order valence-corrected chi connectivity index (χ0v) is 5.43. The number of hydrogen-bond donors (Lipinski definition) is 2. The van der Waals surface area contributed by atoms with Gasteiger partial charge in [0, 0.05) is 0 Å². The van der Waals surface area contributed by atoms with Crippen LogP contribution in [0.1, 0.15) is 26.2 Å². The maximum Gasteiger partial charge on any atom is 0.0512 e. The number of rotatable bonds is 4. The van der Waals surface area contributed by atoms with Crippen molar-refractivity contribution >= 4 is 0 Å². The van der Waals surface area contributed by atoms with Crippen LogP contribution in [0.2, 0.25) is 0 Å². The maximum absolute atomic E-state index is 8.74. The van der Waals surface area contributed by atoms with Crippen LogP contribution in [0.25, 0.3) is 0 Å². The molecule has 0 aliphatic rings. The summed E-state index contributed by atoms with van der Waals surface area (Å²) in [6.07, 6.45) is 2.82. The molecule has 0 bridgehead atoms. The van der Waals surface area contributed by atoms with E-state index in [1.807, 2.05) is 0 Å². The first-order valence-electron chi connectivity index (χ1n) is 3.15. The Morgan fingerprint density at radius 1 is 1.50 bits per heavy atom. The molecular weight excluding hydrogens is 102 g/mol. The van der Waals surface area contributed by atoms with Crippen molar-refractivity contribution in [3.05, 3.63) is 0 Å². The summed E-state index contributed by atoms with van der Waals surface area (Å²) in [5.41, 5.74) is 5.23. The van der Waals surface area contributed by atoms with Gasteiger partial charge in [0.15, 0.2) is 0 Å². The fourth-order valence-electron chi connectivity index (χ4n) is 0.584. The van der Waals surface area contributed by atoms with Gasteiger partial charge in [0.25, 0.3) is 0 Å². The number of aliphatic hydroxyl groups is 1. The highest BCUT2D eigenvalue weighted by Crippen LogP contribution is 1.97. The molecule has 0 radical (unpaired) electrons. The molecule has 3 N–H and O–H groups in total. The van der Waals surface area contributed by atoms with Gasteiger partial charge in [0.05, 0.1) is 6.10 Å². The molecule has 0 aliphatic carbocycles. The fraction of sp³-hybridized carbons (Fsp3) is 1.00. The van der Waals surface area contributed by atoms with Gasteiger partial charge in [-0.1, -0.05) is 0 Å². The Morgan fingerprint density at radius 3 is 2.50 bits per heavy atom. The normalized spacial score (nSPS) is 13.9. The van der Waals surface area contributed by atoms with E-state index in [1.54, 1.807) is 6.92 Å². The number of aliphatic hydroxyl groups excluding tert-OH is 1. The molecule has 2 nitrogen and oxygen atoms in total. The lowest BCUT2D eigenvalue weighted by molar-refractivity contribution is 0.181. The predicted octanol–water partition coefficient (Wildman–Crippen LogP) is 0.496. The van der Waals surface area contributed by atoms with Gasteiger partial charge in [0.1, 0.15) is 0 Å². The van der Waals surface area contributed by atoms with E-state index in [9.17, 15) is 0 Å². The molecule has 0 aromatic rings. The van der Waals surface area contributed by atoms with Crippen molar-refractivity contribution in [2.45, 2.75) is 32.3 Å². The Labute approximate surface area is 50.7 Å². The van der Waals surface area contributed by atoms with E-state index < -0.39 is 0 Å². The minimum absolute atomic E-state index is 0.151. The summed E-state index contributed by atoms with van der Waals surface area (Å²) in [6.45, 7) is 2.54. The Bertz CT molecular complexity index is 45.8. The van der Waals surface area contributed by atoms with Crippen LogP contribution in [0.15, 0.2) is 0 Å². The summed E-state index contributed by atoms with van der Waals surface area (Å²) in [5.74, 6) is 0. The zero-order chi connectivity index (χ0) is 6.41. The average molecular weight is 117 g/mol. The van der Waals surface area contributed by atoms with Gasteiger partial charge in [-0.25, -0.2) is 0 Å². The van der Waals surface area contributed by atoms with Crippen LogP contribution in [0.4, 0.5) is 0 Å². The van der Waals surface area contributed by atoms with Gasteiger partial charge in [-0.15, -0.1) is 0 Å². The molecule has 0 aromatic heterocycles. The largest absolute Gasteiger partial charge is 0.393 e. The Hall–Kier alpha value is -0.0800. The number of hydrogen-bond acceptors (Lipinski definition) is 2. The van der Waals surface area contributed by atoms with Gasteiger partial charge in [-0.3, -0.25) is 0 Å². The van der Waals surface area contributed by atoms with Gasteiger partial charge in [-0.05, 0) is 32.7 Å². The van der Waals surface area contributed by atoms with Crippen molar-refractivity contribution in [2.75, 3.05) is 6.54 Å². The zero-order valence-electron chi connectivity index (χ0n) is 5.43. The third-order valence-electron chi connectivity index (χ3n) is 1.08. The second kappa shape index (κ2) is 5.06. The summed E-state index contributed by atoms with van der Waals surface area (Å²) in [5, 5.41) is 8.74. The fourth-order valence-corrected chi connectivity index (χ4v) is 0.584. The molecule has 0 saturated heterocycles. The Morgan fingerprint density at radius 2 is 2.12 bits per heavy atom. The summed E-state index contributed by atoms with van der Waals surface area (Å²) >= 11 is 0. The first kappa shape index (κ1) is 7.92. The molecule has 0 amide bonds. The first-order chi connectivity index (χ1) is 3.77. The van der Waals surface area contributed by atoms with Crippen molar-refractivity contribution in [2.24, 2.45) is 5.73 Å². The molecule has 1 atom stereocenters. The monoisotopic (exact) mass is 117 g/mol. The van der Waals surface area contributed by atoms with E-state index in [2.05, 4.69) is 0 Å². The van der Waals surface area contributed by atoms with E-state index in [4.69, 9.17) is 10.8 Å². The van der Waals surface area contributed by atoms with Crippen LogP contribution in [-0.4, -0.2) is 17.8 Å². The van der Waals surface area contributed by atoms with Gasteiger partial charge < -0.3 is 10.8 Å². The molecule has 2 heteroatoms. The van der Waals surface area contributed by atoms with E-state index in [-0.39, 0.29) is 6.10 Å². The first-order valence-corrected chi connectivity index (χ1v) is 3.15. The van der Waals surface area contributed by atoms with Crippen molar-refractivity contribution in [1.29, 1.82) is 0 Å². The molecule has 0 fully saturated rings. The lowest BCUT2D eigenvalue weighted by Gasteiger charge is -2.00. The predicted molar refractivity (Wildman–Crippen MR) is 34.6 cm³/mol. The minimum atomic E-state index is -0.151. The van der Waals surface area contributed by atoms with Crippen molar-refractivity contribution in [3.63, 3.8) is 0 Å². The van der Waals surface area contributed by atoms with Crippen molar-refractivity contribution in [1.82, 2.24) is 0 Å². The number of nitrogens with two attached hydrogens (primary N) is 1. The van der Waals surface area contributed by atoms with E-state index >= 15 is 0 Å². The van der Waals surface area contributed by atoms with Crippen molar-refractivity contribution < 1.29 is 5.11 Å². The van der Waals surface area contributed by atoms with Gasteiger partial charge in [0.2, 0.25) is 0 Å². The SMILES string of the molecule is C[C@@H](O)CCCCN. The summed E-state index contributed by atoms with van der Waals surface area (Å²) in [7, 11) is 0. The second-order valence-electron chi connectivity index (χ2n) is 2.13. The molecule has 0 aliphatic heterocycles. The Kier molecular flexibility index (Phi) is 5.01. The molecule has 0 saturated carbocycles. The second-order valence-corrected chi connectivity index (χ2v) is 2.13. The molecular formula is C6H15NO. The molecule has 50 valence electrons. The molecule has 8 heavy (non-hydrogen) atoms.